The van der Waals surface area contributed by atoms with Crippen molar-refractivity contribution in [2.45, 2.75) is 19.4 Å². The van der Waals surface area contributed by atoms with Crippen molar-refractivity contribution in [3.05, 3.63) is 52.5 Å². The maximum atomic E-state index is 13.2. The molecule has 0 saturated carbocycles. The summed E-state index contributed by atoms with van der Waals surface area (Å²) in [6.07, 6.45) is 1.09. The Morgan fingerprint density at radius 2 is 2.04 bits per heavy atom. The van der Waals surface area contributed by atoms with Crippen molar-refractivity contribution in [3.8, 4) is 0 Å². The average Bonchev–Trinajstić information content (AvgIpc) is 3.13. The number of hydrogen-bond acceptors (Lipinski definition) is 4. The van der Waals surface area contributed by atoms with Gasteiger partial charge in [-0.25, -0.2) is 4.39 Å². The number of piperazine rings is 1. The highest BCUT2D eigenvalue weighted by molar-refractivity contribution is 7.09. The molecule has 2 heterocycles. The van der Waals surface area contributed by atoms with Crippen LogP contribution in [0.3, 0.4) is 0 Å². The van der Waals surface area contributed by atoms with Crippen LogP contribution < -0.4 is 5.32 Å². The maximum Gasteiger partial charge on any atom is 0.241 e. The zero-order valence-corrected chi connectivity index (χ0v) is 15.3. The zero-order valence-electron chi connectivity index (χ0n) is 14.5. The molecule has 1 aromatic heterocycles. The molecule has 3 rings (SSSR count). The number of amides is 1. The minimum absolute atomic E-state index is 0.0855. The van der Waals surface area contributed by atoms with Crippen LogP contribution in [-0.2, 0) is 11.2 Å². The second-order valence-corrected chi connectivity index (χ2v) is 7.41. The summed E-state index contributed by atoms with van der Waals surface area (Å²) in [7, 11) is 0. The third kappa shape index (κ3) is 5.11. The molecule has 6 heteroatoms. The number of nitrogens with zero attached hydrogens (tertiary/aromatic N) is 2. The van der Waals surface area contributed by atoms with Crippen LogP contribution in [-0.4, -0.2) is 54.5 Å². The van der Waals surface area contributed by atoms with Gasteiger partial charge < -0.3 is 10.2 Å². The highest BCUT2D eigenvalue weighted by Crippen LogP contribution is 2.14. The van der Waals surface area contributed by atoms with Gasteiger partial charge in [0.05, 0.1) is 6.04 Å². The molecule has 4 nitrogen and oxygen atoms in total. The van der Waals surface area contributed by atoms with Gasteiger partial charge >= 0.3 is 0 Å². The quantitative estimate of drug-likeness (QED) is 0.859. The monoisotopic (exact) mass is 361 g/mol. The number of halogens is 1. The molecule has 0 radical (unpaired) electrons. The summed E-state index contributed by atoms with van der Waals surface area (Å²) in [5.41, 5.74) is 0.506. The molecule has 1 saturated heterocycles. The minimum Gasteiger partial charge on any atom is -0.325 e. The van der Waals surface area contributed by atoms with Crippen molar-refractivity contribution < 1.29 is 9.18 Å². The number of carbonyl (C=O) groups excluding carboxylic acids is 1. The number of nitrogens with one attached hydrogen (secondary N) is 1. The van der Waals surface area contributed by atoms with Crippen LogP contribution in [0.25, 0.3) is 0 Å². The molecule has 1 aliphatic rings. The molecule has 1 aliphatic heterocycles. The lowest BCUT2D eigenvalue weighted by molar-refractivity contribution is -0.121. The van der Waals surface area contributed by atoms with Crippen molar-refractivity contribution in [2.75, 3.05) is 38.0 Å². The van der Waals surface area contributed by atoms with Gasteiger partial charge in [-0.2, -0.15) is 0 Å². The van der Waals surface area contributed by atoms with Gasteiger partial charge in [0, 0.05) is 43.3 Å². The van der Waals surface area contributed by atoms with Crippen molar-refractivity contribution in [3.63, 3.8) is 0 Å². The Balaban J connectivity index is 1.44. The predicted octanol–water partition coefficient (Wildman–Crippen LogP) is 3.07. The molecule has 0 spiro atoms. The molecule has 134 valence electrons. The topological polar surface area (TPSA) is 35.6 Å². The normalized spacial score (nSPS) is 17.4. The van der Waals surface area contributed by atoms with E-state index in [0.29, 0.717) is 5.69 Å². The Hall–Kier alpha value is -1.76. The van der Waals surface area contributed by atoms with Gasteiger partial charge in [-0.15, -0.1) is 11.3 Å². The zero-order chi connectivity index (χ0) is 17.6. The second kappa shape index (κ2) is 8.56. The fourth-order valence-electron chi connectivity index (χ4n) is 3.08. The lowest BCUT2D eigenvalue weighted by Crippen LogP contribution is -2.53. The van der Waals surface area contributed by atoms with E-state index in [-0.39, 0.29) is 17.8 Å². The van der Waals surface area contributed by atoms with Crippen molar-refractivity contribution in [1.29, 1.82) is 0 Å². The highest BCUT2D eigenvalue weighted by Gasteiger charge is 2.25. The van der Waals surface area contributed by atoms with Crippen LogP contribution in [0.4, 0.5) is 10.1 Å². The van der Waals surface area contributed by atoms with E-state index in [1.807, 2.05) is 6.92 Å². The lowest BCUT2D eigenvalue weighted by Gasteiger charge is -2.37. The Morgan fingerprint density at radius 1 is 1.24 bits per heavy atom. The van der Waals surface area contributed by atoms with Crippen LogP contribution in [0, 0.1) is 5.82 Å². The summed E-state index contributed by atoms with van der Waals surface area (Å²) in [5.74, 6) is -0.428. The first-order valence-electron chi connectivity index (χ1n) is 8.67. The third-order valence-electron chi connectivity index (χ3n) is 4.68. The van der Waals surface area contributed by atoms with Gasteiger partial charge in [0.1, 0.15) is 5.82 Å². The fourth-order valence-corrected chi connectivity index (χ4v) is 3.77. The van der Waals surface area contributed by atoms with Crippen LogP contribution >= 0.6 is 11.3 Å². The number of anilines is 1. The van der Waals surface area contributed by atoms with E-state index in [9.17, 15) is 9.18 Å². The van der Waals surface area contributed by atoms with E-state index in [1.54, 1.807) is 23.5 Å². The van der Waals surface area contributed by atoms with E-state index < -0.39 is 0 Å². The Labute approximate surface area is 152 Å². The van der Waals surface area contributed by atoms with Crippen molar-refractivity contribution in [2.24, 2.45) is 0 Å². The van der Waals surface area contributed by atoms with Crippen LogP contribution in [0.2, 0.25) is 0 Å². The summed E-state index contributed by atoms with van der Waals surface area (Å²) in [6, 6.07) is 10.1. The summed E-state index contributed by atoms with van der Waals surface area (Å²) >= 11 is 1.81. The van der Waals surface area contributed by atoms with E-state index in [2.05, 4.69) is 32.6 Å². The standard InChI is InChI=1S/C19H24FN3OS/c1-15(19(24)21-17-5-2-4-16(20)14-17)23-11-9-22(10-12-23)8-7-18-6-3-13-25-18/h2-6,13-15H,7-12H2,1H3,(H,21,24)/t15-/m1/s1. The molecule has 2 aromatic rings. The van der Waals surface area contributed by atoms with Crippen molar-refractivity contribution in [1.82, 2.24) is 9.80 Å². The summed E-state index contributed by atoms with van der Waals surface area (Å²) in [4.78, 5) is 18.5. The molecule has 1 amide bonds. The van der Waals surface area contributed by atoms with Gasteiger partial charge in [-0.1, -0.05) is 12.1 Å². The van der Waals surface area contributed by atoms with Gasteiger partial charge in [0.25, 0.3) is 0 Å². The van der Waals surface area contributed by atoms with E-state index in [0.717, 1.165) is 39.1 Å². The average molecular weight is 361 g/mol. The maximum absolute atomic E-state index is 13.2. The fraction of sp³-hybridized carbons (Fsp3) is 0.421. The molecule has 0 bridgehead atoms. The molecule has 25 heavy (non-hydrogen) atoms. The van der Waals surface area contributed by atoms with Gasteiger partial charge in [-0.3, -0.25) is 9.69 Å². The first-order chi connectivity index (χ1) is 12.1. The molecule has 0 aliphatic carbocycles. The number of rotatable bonds is 6. The van der Waals surface area contributed by atoms with Gasteiger partial charge in [-0.05, 0) is 43.0 Å². The minimum atomic E-state index is -0.343. The molecule has 1 N–H and O–H groups in total. The first kappa shape index (κ1) is 18.0. The number of hydrogen-bond donors (Lipinski definition) is 1. The van der Waals surface area contributed by atoms with Crippen LogP contribution in [0.15, 0.2) is 41.8 Å². The SMILES string of the molecule is C[C@H](C(=O)Nc1cccc(F)c1)N1CCN(CCc2cccs2)CC1. The van der Waals surface area contributed by atoms with Crippen molar-refractivity contribution >= 4 is 22.9 Å². The largest absolute Gasteiger partial charge is 0.325 e. The summed E-state index contributed by atoms with van der Waals surface area (Å²) in [6.45, 7) is 6.68. The number of thiophene rings is 1. The lowest BCUT2D eigenvalue weighted by atomic mass is 10.2. The Morgan fingerprint density at radius 3 is 2.72 bits per heavy atom. The van der Waals surface area contributed by atoms with Gasteiger partial charge in [0.2, 0.25) is 5.91 Å². The third-order valence-corrected chi connectivity index (χ3v) is 5.62. The summed E-state index contributed by atoms with van der Waals surface area (Å²) in [5, 5.41) is 4.92. The molecular formula is C19H24FN3OS. The molecule has 0 unspecified atom stereocenters. The number of benzene rings is 1. The summed E-state index contributed by atoms with van der Waals surface area (Å²) < 4.78 is 13.2. The number of carbonyl (C=O) groups is 1. The van der Waals surface area contributed by atoms with Gasteiger partial charge in [0.15, 0.2) is 0 Å². The van der Waals surface area contributed by atoms with Crippen LogP contribution in [0.1, 0.15) is 11.8 Å². The molecular weight excluding hydrogens is 337 g/mol. The van der Waals surface area contributed by atoms with E-state index in [1.165, 1.54) is 17.0 Å². The second-order valence-electron chi connectivity index (χ2n) is 6.38. The smallest absolute Gasteiger partial charge is 0.241 e. The Bertz CT molecular complexity index is 684. The first-order valence-corrected chi connectivity index (χ1v) is 9.55. The van der Waals surface area contributed by atoms with E-state index in [4.69, 9.17) is 0 Å². The Kier molecular flexibility index (Phi) is 6.18. The highest BCUT2D eigenvalue weighted by atomic mass is 32.1. The van der Waals surface area contributed by atoms with Crippen LogP contribution in [0.5, 0.6) is 0 Å². The molecule has 1 fully saturated rings. The molecule has 1 aromatic carbocycles. The predicted molar refractivity (Wildman–Crippen MR) is 101 cm³/mol. The van der Waals surface area contributed by atoms with E-state index >= 15 is 0 Å². The molecule has 1 atom stereocenters.